The number of ketones is 1. The molecule has 1 unspecified atom stereocenters. The molecule has 0 spiro atoms. The van der Waals surface area contributed by atoms with Crippen molar-refractivity contribution in [3.05, 3.63) is 12.7 Å². The molecule has 1 N–H and O–H groups in total. The Bertz CT molecular complexity index is 289. The van der Waals surface area contributed by atoms with Crippen LogP contribution in [-0.2, 0) is 23.9 Å². The molecule has 0 amide bonds. The fourth-order valence-corrected chi connectivity index (χ4v) is 0.768. The van der Waals surface area contributed by atoms with Crippen LogP contribution in [0, 0.1) is 0 Å². The second kappa shape index (κ2) is 7.58. The SMILES string of the molecule is C=CC(=O)C(O)COC(=O)CCC(=O)OC.[H+]. The van der Waals surface area contributed by atoms with Crippen LogP contribution in [0.5, 0.6) is 0 Å². The van der Waals surface area contributed by atoms with Crippen molar-refractivity contribution in [1.82, 2.24) is 0 Å². The Morgan fingerprint density at radius 2 is 1.94 bits per heavy atom. The average molecular weight is 231 g/mol. The Balaban J connectivity index is 0. The van der Waals surface area contributed by atoms with Crippen LogP contribution >= 0.6 is 0 Å². The van der Waals surface area contributed by atoms with E-state index in [0.717, 1.165) is 6.08 Å². The molecule has 0 heterocycles. The molecule has 16 heavy (non-hydrogen) atoms. The number of carbonyl (C=O) groups is 3. The zero-order valence-electron chi connectivity index (χ0n) is 9.97. The molecule has 0 rings (SSSR count). The number of hydrogen-bond acceptors (Lipinski definition) is 6. The highest BCUT2D eigenvalue weighted by molar-refractivity contribution is 5.93. The third kappa shape index (κ3) is 5.92. The summed E-state index contributed by atoms with van der Waals surface area (Å²) < 4.78 is 8.87. The van der Waals surface area contributed by atoms with Gasteiger partial charge in [0, 0.05) is 0 Å². The van der Waals surface area contributed by atoms with Gasteiger partial charge in [0.1, 0.15) is 6.61 Å². The molecule has 6 heteroatoms. The number of hydrogen-bond donors (Lipinski definition) is 1. The molecule has 0 aromatic heterocycles. The number of ether oxygens (including phenoxy) is 2. The molecule has 0 fully saturated rings. The number of aliphatic hydroxyl groups is 1. The van der Waals surface area contributed by atoms with Crippen LogP contribution in [0.4, 0.5) is 0 Å². The molecule has 0 aliphatic carbocycles. The molecule has 0 radical (unpaired) electrons. The Kier molecular flexibility index (Phi) is 6.78. The standard InChI is InChI=1S/C10H14O6/c1-3-7(11)8(12)6-16-10(14)5-4-9(13)15-2/h3,8,12H,1,4-6H2,2H3/p+1. The smallest absolute Gasteiger partial charge is 0.469 e. The normalized spacial score (nSPS) is 11.4. The van der Waals surface area contributed by atoms with Gasteiger partial charge in [0.25, 0.3) is 0 Å². The largest absolute Gasteiger partial charge is 1.00 e. The van der Waals surface area contributed by atoms with Crippen LogP contribution in [0.15, 0.2) is 12.7 Å². The predicted molar refractivity (Wildman–Crippen MR) is 54.5 cm³/mol. The Hall–Kier alpha value is -1.69. The predicted octanol–water partition coefficient (Wildman–Crippen LogP) is -0.289. The maximum absolute atomic E-state index is 11.0. The van der Waals surface area contributed by atoms with Crippen molar-refractivity contribution < 1.29 is 30.4 Å². The summed E-state index contributed by atoms with van der Waals surface area (Å²) in [4.78, 5) is 32.5. The van der Waals surface area contributed by atoms with Crippen LogP contribution in [0.2, 0.25) is 0 Å². The molecule has 0 aromatic carbocycles. The number of rotatable bonds is 7. The van der Waals surface area contributed by atoms with E-state index in [-0.39, 0.29) is 14.3 Å². The van der Waals surface area contributed by atoms with Crippen LogP contribution < -0.4 is 0 Å². The number of aliphatic hydroxyl groups excluding tert-OH is 1. The van der Waals surface area contributed by atoms with E-state index in [1.807, 2.05) is 0 Å². The van der Waals surface area contributed by atoms with E-state index in [1.165, 1.54) is 7.11 Å². The Morgan fingerprint density at radius 1 is 1.38 bits per heavy atom. The summed E-state index contributed by atoms with van der Waals surface area (Å²) in [5, 5.41) is 9.10. The summed E-state index contributed by atoms with van der Waals surface area (Å²) in [6.07, 6.45) is -0.713. The van der Waals surface area contributed by atoms with Crippen molar-refractivity contribution in [3.63, 3.8) is 0 Å². The van der Waals surface area contributed by atoms with Gasteiger partial charge < -0.3 is 14.6 Å². The molecule has 0 aromatic rings. The highest BCUT2D eigenvalue weighted by atomic mass is 16.5. The van der Waals surface area contributed by atoms with Gasteiger partial charge in [-0.3, -0.25) is 14.4 Å². The first-order chi connectivity index (χ1) is 7.51. The molecule has 0 saturated heterocycles. The van der Waals surface area contributed by atoms with Crippen molar-refractivity contribution in [2.75, 3.05) is 13.7 Å². The second-order valence-electron chi connectivity index (χ2n) is 2.88. The van der Waals surface area contributed by atoms with Gasteiger partial charge in [0.05, 0.1) is 20.0 Å². The molecule has 0 aliphatic rings. The van der Waals surface area contributed by atoms with E-state index >= 15 is 0 Å². The highest BCUT2D eigenvalue weighted by Crippen LogP contribution is 1.97. The van der Waals surface area contributed by atoms with Crippen molar-refractivity contribution in [3.8, 4) is 0 Å². The number of methoxy groups -OCH3 is 1. The third-order valence-electron chi connectivity index (χ3n) is 1.69. The van der Waals surface area contributed by atoms with Gasteiger partial charge in [-0.05, 0) is 6.08 Å². The highest BCUT2D eigenvalue weighted by Gasteiger charge is 2.15. The fourth-order valence-electron chi connectivity index (χ4n) is 0.768. The molecular weight excluding hydrogens is 216 g/mol. The van der Waals surface area contributed by atoms with Gasteiger partial charge >= 0.3 is 13.4 Å². The van der Waals surface area contributed by atoms with Crippen LogP contribution in [-0.4, -0.2) is 42.6 Å². The minimum absolute atomic E-state index is 0. The van der Waals surface area contributed by atoms with Crippen LogP contribution in [0.1, 0.15) is 14.3 Å². The lowest BCUT2D eigenvalue weighted by Gasteiger charge is -2.07. The lowest BCUT2D eigenvalue weighted by atomic mass is 10.2. The first-order valence-electron chi connectivity index (χ1n) is 4.58. The minimum atomic E-state index is -1.40. The maximum atomic E-state index is 11.0. The van der Waals surface area contributed by atoms with E-state index in [1.54, 1.807) is 0 Å². The van der Waals surface area contributed by atoms with Crippen LogP contribution in [0.3, 0.4) is 0 Å². The molecule has 6 nitrogen and oxygen atoms in total. The van der Waals surface area contributed by atoms with Gasteiger partial charge in [0.2, 0.25) is 0 Å². The summed E-state index contributed by atoms with van der Waals surface area (Å²) >= 11 is 0. The molecule has 90 valence electrons. The van der Waals surface area contributed by atoms with Gasteiger partial charge in [-0.1, -0.05) is 6.58 Å². The zero-order valence-corrected chi connectivity index (χ0v) is 8.97. The molecule has 0 saturated carbocycles. The van der Waals surface area contributed by atoms with E-state index in [4.69, 9.17) is 5.11 Å². The van der Waals surface area contributed by atoms with Gasteiger partial charge in [0.15, 0.2) is 11.9 Å². The average Bonchev–Trinajstić information content (AvgIpc) is 2.31. The molecular formula is C10H15O6+. The Labute approximate surface area is 94.3 Å². The molecule has 1 atom stereocenters. The second-order valence-corrected chi connectivity index (χ2v) is 2.88. The molecule has 0 bridgehead atoms. The number of esters is 2. The first kappa shape index (κ1) is 14.3. The summed E-state index contributed by atoms with van der Waals surface area (Å²) in [6.45, 7) is 2.73. The fraction of sp³-hybridized carbons (Fsp3) is 0.500. The topological polar surface area (TPSA) is 89.9 Å². The summed E-state index contributed by atoms with van der Waals surface area (Å²) in [7, 11) is 1.21. The van der Waals surface area contributed by atoms with E-state index in [2.05, 4.69) is 16.1 Å². The van der Waals surface area contributed by atoms with Crippen molar-refractivity contribution in [1.29, 1.82) is 0 Å². The van der Waals surface area contributed by atoms with Crippen molar-refractivity contribution in [2.24, 2.45) is 0 Å². The summed E-state index contributed by atoms with van der Waals surface area (Å²) in [5.74, 6) is -1.83. The van der Waals surface area contributed by atoms with E-state index < -0.39 is 30.4 Å². The minimum Gasteiger partial charge on any atom is -0.469 e. The van der Waals surface area contributed by atoms with Crippen LogP contribution in [0.25, 0.3) is 0 Å². The van der Waals surface area contributed by atoms with Crippen molar-refractivity contribution in [2.45, 2.75) is 18.9 Å². The van der Waals surface area contributed by atoms with Gasteiger partial charge in [-0.25, -0.2) is 0 Å². The van der Waals surface area contributed by atoms with Crippen molar-refractivity contribution >= 4 is 17.7 Å². The summed E-state index contributed by atoms with van der Waals surface area (Å²) in [5.41, 5.74) is 0. The first-order valence-corrected chi connectivity index (χ1v) is 4.58. The lowest BCUT2D eigenvalue weighted by Crippen LogP contribution is -2.26. The maximum Gasteiger partial charge on any atom is 1.00 e. The quantitative estimate of drug-likeness (QED) is 0.478. The lowest BCUT2D eigenvalue weighted by molar-refractivity contribution is -0.151. The summed E-state index contributed by atoms with van der Waals surface area (Å²) in [6, 6.07) is 0. The van der Waals surface area contributed by atoms with E-state index in [9.17, 15) is 14.4 Å². The monoisotopic (exact) mass is 231 g/mol. The Morgan fingerprint density at radius 3 is 2.44 bits per heavy atom. The number of carbonyl (C=O) groups excluding carboxylic acids is 3. The van der Waals surface area contributed by atoms with Gasteiger partial charge in [-0.2, -0.15) is 0 Å². The zero-order chi connectivity index (χ0) is 12.6. The van der Waals surface area contributed by atoms with Gasteiger partial charge in [-0.15, -0.1) is 0 Å². The molecule has 0 aliphatic heterocycles. The van der Waals surface area contributed by atoms with E-state index in [0.29, 0.717) is 0 Å². The third-order valence-corrected chi connectivity index (χ3v) is 1.69.